The highest BCUT2D eigenvalue weighted by Crippen LogP contribution is 2.14. The maximum absolute atomic E-state index is 12.1. The number of morpholine rings is 1. The van der Waals surface area contributed by atoms with E-state index in [0.29, 0.717) is 18.1 Å². The third-order valence-electron chi connectivity index (χ3n) is 3.48. The van der Waals surface area contributed by atoms with Crippen LogP contribution in [0.5, 0.6) is 5.75 Å². The summed E-state index contributed by atoms with van der Waals surface area (Å²) in [6, 6.07) is 7.28. The van der Waals surface area contributed by atoms with Crippen molar-refractivity contribution >= 4 is 17.9 Å². The number of carbonyl (C=O) groups is 1. The summed E-state index contributed by atoms with van der Waals surface area (Å²) in [5.41, 5.74) is 0.653. The van der Waals surface area contributed by atoms with Crippen LogP contribution in [0.3, 0.4) is 0 Å². The molecule has 1 N–H and O–H groups in total. The Labute approximate surface area is 142 Å². The van der Waals surface area contributed by atoms with Gasteiger partial charge in [0.2, 0.25) is 0 Å². The lowest BCUT2D eigenvalue weighted by atomic mass is 10.2. The smallest absolute Gasteiger partial charge is 0.261 e. The van der Waals surface area contributed by atoms with E-state index in [1.165, 1.54) is 11.9 Å². The summed E-state index contributed by atoms with van der Waals surface area (Å²) in [5.74, 6) is 2.10. The number of ether oxygens (including phenoxy) is 2. The van der Waals surface area contributed by atoms with E-state index in [0.717, 1.165) is 44.4 Å². The molecule has 1 heterocycles. The predicted octanol–water partition coefficient (Wildman–Crippen LogP) is 2.43. The van der Waals surface area contributed by atoms with E-state index in [4.69, 9.17) is 9.47 Å². The van der Waals surface area contributed by atoms with Gasteiger partial charge >= 0.3 is 0 Å². The minimum Gasteiger partial charge on any atom is -0.493 e. The maximum Gasteiger partial charge on any atom is 0.261 e. The van der Waals surface area contributed by atoms with Gasteiger partial charge in [0.1, 0.15) is 5.75 Å². The van der Waals surface area contributed by atoms with Crippen molar-refractivity contribution < 1.29 is 14.3 Å². The van der Waals surface area contributed by atoms with Gasteiger partial charge in [-0.2, -0.15) is 0 Å². The second-order valence-corrected chi connectivity index (χ2v) is 6.86. The molecular weight excluding hydrogens is 312 g/mol. The van der Waals surface area contributed by atoms with E-state index in [1.54, 1.807) is 12.1 Å². The fourth-order valence-corrected chi connectivity index (χ4v) is 2.84. The van der Waals surface area contributed by atoms with E-state index in [1.807, 2.05) is 12.1 Å². The molecule has 0 bridgehead atoms. The van der Waals surface area contributed by atoms with Crippen molar-refractivity contribution in [2.75, 3.05) is 45.2 Å². The highest BCUT2D eigenvalue weighted by Gasteiger charge is 2.10. The third-order valence-corrected chi connectivity index (χ3v) is 4.19. The molecule has 0 unspecified atom stereocenters. The zero-order valence-electron chi connectivity index (χ0n) is 13.9. The highest BCUT2D eigenvalue weighted by molar-refractivity contribution is 7.97. The van der Waals surface area contributed by atoms with Crippen molar-refractivity contribution in [3.05, 3.63) is 29.8 Å². The monoisotopic (exact) mass is 338 g/mol. The quantitative estimate of drug-likeness (QED) is 0.583. The molecule has 0 atom stereocenters. The first-order chi connectivity index (χ1) is 11.1. The zero-order valence-corrected chi connectivity index (χ0v) is 14.7. The average Bonchev–Trinajstić information content (AvgIpc) is 2.58. The molecule has 0 saturated carbocycles. The molecular formula is C17H26N2O3S. The molecule has 1 aromatic carbocycles. The van der Waals surface area contributed by atoms with Crippen molar-refractivity contribution in [1.29, 1.82) is 0 Å². The third kappa shape index (κ3) is 6.81. The van der Waals surface area contributed by atoms with E-state index in [-0.39, 0.29) is 5.91 Å². The number of nitrogens with one attached hydrogen (secondary N) is 1. The summed E-state index contributed by atoms with van der Waals surface area (Å²) in [7, 11) is 0. The fourth-order valence-electron chi connectivity index (χ4n) is 2.14. The van der Waals surface area contributed by atoms with Gasteiger partial charge in [-0.15, -0.1) is 0 Å². The van der Waals surface area contributed by atoms with Crippen LogP contribution < -0.4 is 9.46 Å². The Morgan fingerprint density at radius 1 is 1.30 bits per heavy atom. The summed E-state index contributed by atoms with van der Waals surface area (Å²) < 4.78 is 13.8. The van der Waals surface area contributed by atoms with Crippen molar-refractivity contribution in [1.82, 2.24) is 9.62 Å². The van der Waals surface area contributed by atoms with Crippen molar-refractivity contribution in [2.45, 2.75) is 13.8 Å². The Bertz CT molecular complexity index is 473. The summed E-state index contributed by atoms with van der Waals surface area (Å²) >= 11 is 1.45. The van der Waals surface area contributed by atoms with Gasteiger partial charge in [-0.05, 0) is 42.1 Å². The largest absolute Gasteiger partial charge is 0.493 e. The van der Waals surface area contributed by atoms with Crippen LogP contribution in [0.15, 0.2) is 24.3 Å². The van der Waals surface area contributed by atoms with E-state index < -0.39 is 0 Å². The SMILES string of the molecule is CC(C)COc1ccc(C(=O)NSCCN2CCOCC2)cc1. The minimum atomic E-state index is -0.0626. The first-order valence-corrected chi connectivity index (χ1v) is 9.09. The Hall–Kier alpha value is -1.24. The highest BCUT2D eigenvalue weighted by atomic mass is 32.2. The number of carbonyl (C=O) groups excluding carboxylic acids is 1. The first kappa shape index (κ1) is 18.1. The van der Waals surface area contributed by atoms with Crippen molar-refractivity contribution in [3.63, 3.8) is 0 Å². The molecule has 1 aliphatic heterocycles. The molecule has 0 aliphatic carbocycles. The van der Waals surface area contributed by atoms with Crippen LogP contribution in [0.25, 0.3) is 0 Å². The van der Waals surface area contributed by atoms with E-state index in [2.05, 4.69) is 23.5 Å². The molecule has 5 nitrogen and oxygen atoms in total. The first-order valence-electron chi connectivity index (χ1n) is 8.10. The topological polar surface area (TPSA) is 50.8 Å². The molecule has 1 fully saturated rings. The van der Waals surface area contributed by atoms with Crippen LogP contribution in [0.4, 0.5) is 0 Å². The lowest BCUT2D eigenvalue weighted by molar-refractivity contribution is 0.0410. The van der Waals surface area contributed by atoms with Gasteiger partial charge < -0.3 is 9.47 Å². The van der Waals surface area contributed by atoms with Gasteiger partial charge in [-0.3, -0.25) is 14.4 Å². The molecule has 1 aliphatic rings. The van der Waals surface area contributed by atoms with E-state index >= 15 is 0 Å². The molecule has 128 valence electrons. The molecule has 2 rings (SSSR count). The van der Waals surface area contributed by atoms with Crippen LogP contribution >= 0.6 is 11.9 Å². The van der Waals surface area contributed by atoms with Gasteiger partial charge in [0, 0.05) is 31.0 Å². The van der Waals surface area contributed by atoms with E-state index in [9.17, 15) is 4.79 Å². The number of hydrogen-bond donors (Lipinski definition) is 1. The molecule has 1 aromatic rings. The fraction of sp³-hybridized carbons (Fsp3) is 0.588. The molecule has 0 spiro atoms. The molecule has 0 radical (unpaired) electrons. The van der Waals surface area contributed by atoms with Gasteiger partial charge in [0.15, 0.2) is 0 Å². The summed E-state index contributed by atoms with van der Waals surface area (Å²) in [6.07, 6.45) is 0. The Morgan fingerprint density at radius 2 is 2.00 bits per heavy atom. The van der Waals surface area contributed by atoms with Gasteiger partial charge in [-0.1, -0.05) is 13.8 Å². The second kappa shape index (κ2) is 9.80. The van der Waals surface area contributed by atoms with Crippen LogP contribution in [0.2, 0.25) is 0 Å². The summed E-state index contributed by atoms with van der Waals surface area (Å²) in [6.45, 7) is 9.44. The normalized spacial score (nSPS) is 15.6. The second-order valence-electron chi connectivity index (χ2n) is 5.96. The Balaban J connectivity index is 1.66. The number of hydrogen-bond acceptors (Lipinski definition) is 5. The number of nitrogens with zero attached hydrogens (tertiary/aromatic N) is 1. The molecule has 1 amide bonds. The summed E-state index contributed by atoms with van der Waals surface area (Å²) in [4.78, 5) is 14.4. The minimum absolute atomic E-state index is 0.0626. The lowest BCUT2D eigenvalue weighted by Gasteiger charge is -2.26. The summed E-state index contributed by atoms with van der Waals surface area (Å²) in [5, 5.41) is 0. The predicted molar refractivity (Wildman–Crippen MR) is 94.0 cm³/mol. The van der Waals surface area contributed by atoms with Gasteiger partial charge in [0.05, 0.1) is 19.8 Å². The molecule has 23 heavy (non-hydrogen) atoms. The molecule has 1 saturated heterocycles. The maximum atomic E-state index is 12.1. The number of amides is 1. The molecule has 0 aromatic heterocycles. The standard InChI is InChI=1S/C17H26N2O3S/c1-14(2)13-22-16-5-3-15(4-6-16)17(20)18-23-12-9-19-7-10-21-11-8-19/h3-6,14H,7-13H2,1-2H3,(H,18,20). The average molecular weight is 338 g/mol. The Morgan fingerprint density at radius 3 is 2.65 bits per heavy atom. The van der Waals surface area contributed by atoms with Crippen LogP contribution in [-0.2, 0) is 4.74 Å². The lowest BCUT2D eigenvalue weighted by Crippen LogP contribution is -2.38. The van der Waals surface area contributed by atoms with Crippen molar-refractivity contribution in [2.24, 2.45) is 5.92 Å². The van der Waals surface area contributed by atoms with Crippen LogP contribution in [0.1, 0.15) is 24.2 Å². The number of benzene rings is 1. The zero-order chi connectivity index (χ0) is 16.5. The van der Waals surface area contributed by atoms with Crippen molar-refractivity contribution in [3.8, 4) is 5.75 Å². The van der Waals surface area contributed by atoms with Crippen LogP contribution in [0, 0.1) is 5.92 Å². The van der Waals surface area contributed by atoms with Gasteiger partial charge in [0.25, 0.3) is 5.91 Å². The molecule has 6 heteroatoms. The number of rotatable bonds is 8. The Kier molecular flexibility index (Phi) is 7.71. The van der Waals surface area contributed by atoms with Crippen LogP contribution in [-0.4, -0.2) is 56.0 Å². The van der Waals surface area contributed by atoms with Gasteiger partial charge in [-0.25, -0.2) is 0 Å².